The first-order valence-corrected chi connectivity index (χ1v) is 9.69. The SMILES string of the molecule is CCC(=O)N1CCn2c(nc(-c3ccc(F)cc3)c2Nc2ccc(Cl)c(F)c2)C1. The largest absolute Gasteiger partial charge is 0.340 e. The first kappa shape index (κ1) is 19.4. The van der Waals surface area contributed by atoms with Gasteiger partial charge in [0, 0.05) is 30.8 Å². The zero-order valence-electron chi connectivity index (χ0n) is 15.8. The standard InChI is InChI=1S/C21H19ClF2N4O/c1-2-19(29)27-9-10-28-18(12-27)26-20(13-3-5-14(23)6-4-13)21(28)25-15-7-8-16(22)17(24)11-15/h3-8,11,25H,2,9-10,12H2,1H3. The molecule has 0 aliphatic carbocycles. The molecule has 2 heterocycles. The molecule has 1 aliphatic rings. The van der Waals surface area contributed by atoms with E-state index >= 15 is 0 Å². The Labute approximate surface area is 171 Å². The van der Waals surface area contributed by atoms with E-state index in [2.05, 4.69) is 5.32 Å². The number of nitrogens with zero attached hydrogens (tertiary/aromatic N) is 3. The van der Waals surface area contributed by atoms with Crippen molar-refractivity contribution < 1.29 is 13.6 Å². The number of carbonyl (C=O) groups excluding carboxylic acids is 1. The zero-order valence-corrected chi connectivity index (χ0v) is 16.5. The van der Waals surface area contributed by atoms with Crippen LogP contribution in [0.2, 0.25) is 5.02 Å². The number of rotatable bonds is 4. The maximum absolute atomic E-state index is 13.9. The number of halogens is 3. The second-order valence-electron chi connectivity index (χ2n) is 6.81. The number of nitrogens with one attached hydrogen (secondary N) is 1. The predicted molar refractivity (Wildman–Crippen MR) is 108 cm³/mol. The molecular weight excluding hydrogens is 398 g/mol. The van der Waals surface area contributed by atoms with Gasteiger partial charge in [0.1, 0.15) is 29.0 Å². The molecule has 0 saturated carbocycles. The third-order valence-corrected chi connectivity index (χ3v) is 5.23. The summed E-state index contributed by atoms with van der Waals surface area (Å²) >= 11 is 5.79. The topological polar surface area (TPSA) is 50.2 Å². The minimum absolute atomic E-state index is 0.0401. The molecule has 1 aliphatic heterocycles. The van der Waals surface area contributed by atoms with Gasteiger partial charge in [-0.25, -0.2) is 13.8 Å². The Balaban J connectivity index is 1.77. The Morgan fingerprint density at radius 3 is 2.62 bits per heavy atom. The molecule has 0 bridgehead atoms. The third kappa shape index (κ3) is 3.82. The molecule has 0 spiro atoms. The number of benzene rings is 2. The van der Waals surface area contributed by atoms with E-state index < -0.39 is 5.82 Å². The molecule has 3 aromatic rings. The highest BCUT2D eigenvalue weighted by Crippen LogP contribution is 2.34. The van der Waals surface area contributed by atoms with Gasteiger partial charge in [-0.2, -0.15) is 0 Å². The fourth-order valence-corrected chi connectivity index (χ4v) is 3.53. The van der Waals surface area contributed by atoms with Crippen LogP contribution in [-0.4, -0.2) is 26.9 Å². The summed E-state index contributed by atoms with van der Waals surface area (Å²) in [7, 11) is 0. The Morgan fingerprint density at radius 2 is 1.93 bits per heavy atom. The van der Waals surface area contributed by atoms with Gasteiger partial charge in [0.15, 0.2) is 0 Å². The van der Waals surface area contributed by atoms with Crippen LogP contribution in [-0.2, 0) is 17.9 Å². The van der Waals surface area contributed by atoms with E-state index in [0.717, 1.165) is 5.56 Å². The van der Waals surface area contributed by atoms with E-state index in [1.165, 1.54) is 24.3 Å². The average Bonchev–Trinajstić information content (AvgIpc) is 3.08. The van der Waals surface area contributed by atoms with Crippen LogP contribution in [0.3, 0.4) is 0 Å². The Hall–Kier alpha value is -2.93. The van der Waals surface area contributed by atoms with Gasteiger partial charge in [-0.05, 0) is 42.5 Å². The summed E-state index contributed by atoms with van der Waals surface area (Å²) in [6.45, 7) is 3.32. The molecule has 0 atom stereocenters. The summed E-state index contributed by atoms with van der Waals surface area (Å²) in [6.07, 6.45) is 0.431. The lowest BCUT2D eigenvalue weighted by Crippen LogP contribution is -2.38. The molecule has 29 heavy (non-hydrogen) atoms. The Bertz CT molecular complexity index is 1070. The number of fused-ring (bicyclic) bond motifs is 1. The second kappa shape index (κ2) is 7.83. The van der Waals surface area contributed by atoms with Crippen LogP contribution in [0, 0.1) is 11.6 Å². The van der Waals surface area contributed by atoms with Crippen LogP contribution in [0.5, 0.6) is 0 Å². The Kier molecular flexibility index (Phi) is 5.24. The van der Waals surface area contributed by atoms with Gasteiger partial charge in [-0.15, -0.1) is 0 Å². The van der Waals surface area contributed by atoms with Gasteiger partial charge >= 0.3 is 0 Å². The van der Waals surface area contributed by atoms with E-state index in [1.807, 2.05) is 11.5 Å². The van der Waals surface area contributed by atoms with Crippen LogP contribution >= 0.6 is 11.6 Å². The van der Waals surface area contributed by atoms with Crippen LogP contribution in [0.4, 0.5) is 20.3 Å². The summed E-state index contributed by atoms with van der Waals surface area (Å²) in [5.41, 5.74) is 1.85. The van der Waals surface area contributed by atoms with Gasteiger partial charge in [0.05, 0.1) is 11.6 Å². The normalized spacial score (nSPS) is 13.3. The van der Waals surface area contributed by atoms with Crippen LogP contribution < -0.4 is 5.32 Å². The van der Waals surface area contributed by atoms with Crippen molar-refractivity contribution in [1.82, 2.24) is 14.5 Å². The quantitative estimate of drug-likeness (QED) is 0.652. The summed E-state index contributed by atoms with van der Waals surface area (Å²) in [5.74, 6) is 0.577. The average molecular weight is 417 g/mol. The second-order valence-corrected chi connectivity index (χ2v) is 7.21. The van der Waals surface area contributed by atoms with Crippen LogP contribution in [0.15, 0.2) is 42.5 Å². The third-order valence-electron chi connectivity index (χ3n) is 4.93. The fraction of sp³-hybridized carbons (Fsp3) is 0.238. The molecule has 0 radical (unpaired) electrons. The first-order chi connectivity index (χ1) is 14.0. The molecule has 150 valence electrons. The van der Waals surface area contributed by atoms with E-state index in [0.29, 0.717) is 49.1 Å². The van der Waals surface area contributed by atoms with Crippen molar-refractivity contribution in [3.63, 3.8) is 0 Å². The van der Waals surface area contributed by atoms with E-state index in [4.69, 9.17) is 16.6 Å². The zero-order chi connectivity index (χ0) is 20.5. The fourth-order valence-electron chi connectivity index (χ4n) is 3.41. The number of amides is 1. The van der Waals surface area contributed by atoms with Crippen molar-refractivity contribution in [1.29, 1.82) is 0 Å². The molecule has 4 rings (SSSR count). The number of carbonyl (C=O) groups is 1. The van der Waals surface area contributed by atoms with Crippen molar-refractivity contribution in [2.45, 2.75) is 26.4 Å². The number of hydrogen-bond acceptors (Lipinski definition) is 3. The van der Waals surface area contributed by atoms with Crippen molar-refractivity contribution in [2.75, 3.05) is 11.9 Å². The molecule has 1 amide bonds. The lowest BCUT2D eigenvalue weighted by molar-refractivity contribution is -0.132. The first-order valence-electron chi connectivity index (χ1n) is 9.31. The highest BCUT2D eigenvalue weighted by molar-refractivity contribution is 6.30. The highest BCUT2D eigenvalue weighted by Gasteiger charge is 2.26. The van der Waals surface area contributed by atoms with Crippen molar-refractivity contribution in [2.24, 2.45) is 0 Å². The van der Waals surface area contributed by atoms with Crippen LogP contribution in [0.25, 0.3) is 11.3 Å². The van der Waals surface area contributed by atoms with Crippen molar-refractivity contribution in [3.8, 4) is 11.3 Å². The summed E-state index contributed by atoms with van der Waals surface area (Å²) in [5, 5.41) is 3.26. The summed E-state index contributed by atoms with van der Waals surface area (Å²) < 4.78 is 29.3. The van der Waals surface area contributed by atoms with Gasteiger partial charge < -0.3 is 14.8 Å². The maximum atomic E-state index is 13.9. The number of aromatic nitrogens is 2. The molecule has 8 heteroatoms. The maximum Gasteiger partial charge on any atom is 0.222 e. The molecule has 5 nitrogen and oxygen atoms in total. The minimum atomic E-state index is -0.530. The molecule has 0 saturated heterocycles. The molecular formula is C21H19ClF2N4O. The van der Waals surface area contributed by atoms with Gasteiger partial charge in [0.2, 0.25) is 5.91 Å². The highest BCUT2D eigenvalue weighted by atomic mass is 35.5. The van der Waals surface area contributed by atoms with Crippen molar-refractivity contribution >= 4 is 29.0 Å². The lowest BCUT2D eigenvalue weighted by atomic mass is 10.1. The molecule has 0 unspecified atom stereocenters. The van der Waals surface area contributed by atoms with E-state index in [9.17, 15) is 13.6 Å². The monoisotopic (exact) mass is 416 g/mol. The molecule has 1 N–H and O–H groups in total. The predicted octanol–water partition coefficient (Wildman–Crippen LogP) is 4.98. The molecule has 1 aromatic heterocycles. The Morgan fingerprint density at radius 1 is 1.17 bits per heavy atom. The number of anilines is 2. The summed E-state index contributed by atoms with van der Waals surface area (Å²) in [4.78, 5) is 18.6. The van der Waals surface area contributed by atoms with Crippen LogP contribution in [0.1, 0.15) is 19.2 Å². The van der Waals surface area contributed by atoms with E-state index in [-0.39, 0.29) is 16.7 Å². The van der Waals surface area contributed by atoms with E-state index in [1.54, 1.807) is 23.1 Å². The lowest BCUT2D eigenvalue weighted by Gasteiger charge is -2.28. The smallest absolute Gasteiger partial charge is 0.222 e. The van der Waals surface area contributed by atoms with Gasteiger partial charge in [-0.3, -0.25) is 4.79 Å². The minimum Gasteiger partial charge on any atom is -0.340 e. The number of imidazole rings is 1. The summed E-state index contributed by atoms with van der Waals surface area (Å²) in [6, 6.07) is 10.5. The number of hydrogen-bond donors (Lipinski definition) is 1. The van der Waals surface area contributed by atoms with Gasteiger partial charge in [-0.1, -0.05) is 18.5 Å². The molecule has 0 fully saturated rings. The van der Waals surface area contributed by atoms with Crippen molar-refractivity contribution in [3.05, 3.63) is 64.9 Å². The molecule has 2 aromatic carbocycles. The van der Waals surface area contributed by atoms with Gasteiger partial charge in [0.25, 0.3) is 0 Å².